The van der Waals surface area contributed by atoms with Crippen LogP contribution in [0.15, 0.2) is 42.5 Å². The van der Waals surface area contributed by atoms with Gasteiger partial charge in [0.2, 0.25) is 0 Å². The molecule has 2 nitrogen and oxygen atoms in total. The summed E-state index contributed by atoms with van der Waals surface area (Å²) in [6.45, 7) is 0.589. The summed E-state index contributed by atoms with van der Waals surface area (Å²) in [5.41, 5.74) is 1.06. The van der Waals surface area contributed by atoms with Crippen molar-refractivity contribution in [3.8, 4) is 0 Å². The van der Waals surface area contributed by atoms with E-state index in [1.807, 2.05) is 18.2 Å². The topological polar surface area (TPSA) is 20.3 Å². The molecular formula is C16H14ClF2NO. The Morgan fingerprint density at radius 1 is 1.14 bits per heavy atom. The summed E-state index contributed by atoms with van der Waals surface area (Å²) in [5, 5.41) is 0.629. The number of ketones is 1. The van der Waals surface area contributed by atoms with Crippen LogP contribution in [0.1, 0.15) is 15.9 Å². The summed E-state index contributed by atoms with van der Waals surface area (Å²) >= 11 is 6.06. The van der Waals surface area contributed by atoms with E-state index in [1.165, 1.54) is 6.07 Å². The first-order valence-electron chi connectivity index (χ1n) is 6.37. The fraction of sp³-hybridized carbons (Fsp3) is 0.188. The minimum Gasteiger partial charge on any atom is -0.295 e. The van der Waals surface area contributed by atoms with Crippen molar-refractivity contribution in [2.45, 2.75) is 6.54 Å². The lowest BCUT2D eigenvalue weighted by Gasteiger charge is -2.16. The average Bonchev–Trinajstić information content (AvgIpc) is 2.44. The van der Waals surface area contributed by atoms with Crippen LogP contribution in [0.25, 0.3) is 0 Å². The molecule has 0 aromatic heterocycles. The molecule has 2 aromatic carbocycles. The molecule has 2 aromatic rings. The molecule has 0 aliphatic rings. The number of benzene rings is 2. The van der Waals surface area contributed by atoms with Crippen molar-refractivity contribution in [2.24, 2.45) is 0 Å². The van der Waals surface area contributed by atoms with Gasteiger partial charge in [-0.15, -0.1) is 0 Å². The Hall–Kier alpha value is -1.78. The first-order chi connectivity index (χ1) is 9.97. The van der Waals surface area contributed by atoms with Crippen molar-refractivity contribution in [1.82, 2.24) is 4.90 Å². The van der Waals surface area contributed by atoms with E-state index in [0.717, 1.165) is 17.7 Å². The average molecular weight is 310 g/mol. The van der Waals surface area contributed by atoms with Gasteiger partial charge in [-0.3, -0.25) is 9.69 Å². The van der Waals surface area contributed by atoms with Gasteiger partial charge in [0.25, 0.3) is 0 Å². The molecule has 0 atom stereocenters. The molecule has 21 heavy (non-hydrogen) atoms. The second kappa shape index (κ2) is 6.78. The van der Waals surface area contributed by atoms with Crippen LogP contribution in [0.2, 0.25) is 5.02 Å². The molecule has 0 bridgehead atoms. The molecule has 0 saturated carbocycles. The first-order valence-corrected chi connectivity index (χ1v) is 6.75. The predicted molar refractivity (Wildman–Crippen MR) is 78.5 cm³/mol. The van der Waals surface area contributed by atoms with E-state index in [1.54, 1.807) is 18.0 Å². The molecule has 0 aliphatic heterocycles. The van der Waals surface area contributed by atoms with Gasteiger partial charge in [0.15, 0.2) is 17.4 Å². The summed E-state index contributed by atoms with van der Waals surface area (Å²) in [6, 6.07) is 10.5. The molecule has 0 fully saturated rings. The van der Waals surface area contributed by atoms with Gasteiger partial charge >= 0.3 is 0 Å². The highest BCUT2D eigenvalue weighted by Crippen LogP contribution is 2.17. The Labute approximate surface area is 127 Å². The zero-order valence-electron chi connectivity index (χ0n) is 11.4. The number of halogens is 3. The van der Waals surface area contributed by atoms with Gasteiger partial charge in [-0.1, -0.05) is 29.8 Å². The number of carbonyl (C=O) groups excluding carboxylic acids is 1. The van der Waals surface area contributed by atoms with Gasteiger partial charge < -0.3 is 0 Å². The van der Waals surface area contributed by atoms with Gasteiger partial charge in [0.1, 0.15) is 0 Å². The van der Waals surface area contributed by atoms with Crippen LogP contribution < -0.4 is 0 Å². The van der Waals surface area contributed by atoms with Crippen molar-refractivity contribution in [3.63, 3.8) is 0 Å². The number of nitrogens with zero attached hydrogens (tertiary/aromatic N) is 1. The van der Waals surface area contributed by atoms with Crippen LogP contribution in [0.5, 0.6) is 0 Å². The molecule has 0 unspecified atom stereocenters. The normalized spacial score (nSPS) is 10.9. The number of hydrogen-bond acceptors (Lipinski definition) is 2. The van der Waals surface area contributed by atoms with E-state index in [4.69, 9.17) is 11.6 Å². The maximum Gasteiger partial charge on any atom is 0.176 e. The predicted octanol–water partition coefficient (Wildman–Crippen LogP) is 3.93. The lowest BCUT2D eigenvalue weighted by Crippen LogP contribution is -2.25. The van der Waals surface area contributed by atoms with E-state index in [-0.39, 0.29) is 17.9 Å². The van der Waals surface area contributed by atoms with E-state index >= 15 is 0 Å². The van der Waals surface area contributed by atoms with Crippen LogP contribution in [0, 0.1) is 11.6 Å². The second-order valence-electron chi connectivity index (χ2n) is 4.82. The maximum atomic E-state index is 13.1. The lowest BCUT2D eigenvalue weighted by atomic mass is 10.1. The summed E-state index contributed by atoms with van der Waals surface area (Å²) < 4.78 is 26.0. The van der Waals surface area contributed by atoms with E-state index < -0.39 is 11.6 Å². The highest BCUT2D eigenvalue weighted by molar-refractivity contribution is 6.31. The molecule has 0 amide bonds. The Kier molecular flexibility index (Phi) is 5.04. The third-order valence-electron chi connectivity index (χ3n) is 3.05. The number of rotatable bonds is 5. The highest BCUT2D eigenvalue weighted by Gasteiger charge is 2.13. The summed E-state index contributed by atoms with van der Waals surface area (Å²) in [4.78, 5) is 13.8. The molecule has 0 heterocycles. The number of hydrogen-bond donors (Lipinski definition) is 0. The number of Topliss-reactive ketones (excluding diaryl/α,β-unsaturated/α-hetero) is 1. The largest absolute Gasteiger partial charge is 0.295 e. The van der Waals surface area contributed by atoms with Gasteiger partial charge in [0, 0.05) is 17.1 Å². The fourth-order valence-corrected chi connectivity index (χ4v) is 2.17. The highest BCUT2D eigenvalue weighted by atomic mass is 35.5. The van der Waals surface area contributed by atoms with E-state index in [0.29, 0.717) is 11.6 Å². The van der Waals surface area contributed by atoms with Gasteiger partial charge in [-0.2, -0.15) is 0 Å². The Bertz CT molecular complexity index is 660. The summed E-state index contributed by atoms with van der Waals surface area (Å²) in [5.74, 6) is -2.26. The molecule has 0 saturated heterocycles. The Balaban J connectivity index is 2.02. The van der Waals surface area contributed by atoms with Crippen LogP contribution in [-0.2, 0) is 6.54 Å². The second-order valence-corrected chi connectivity index (χ2v) is 5.22. The molecule has 5 heteroatoms. The van der Waals surface area contributed by atoms with Crippen molar-refractivity contribution in [3.05, 3.63) is 70.2 Å². The molecule has 0 spiro atoms. The van der Waals surface area contributed by atoms with Crippen LogP contribution in [0.3, 0.4) is 0 Å². The smallest absolute Gasteiger partial charge is 0.176 e. The fourth-order valence-electron chi connectivity index (χ4n) is 1.98. The third kappa shape index (κ3) is 4.09. The number of likely N-dealkylation sites (N-methyl/N-ethyl adjacent to an activating group) is 1. The van der Waals surface area contributed by atoms with Gasteiger partial charge in [-0.05, 0) is 36.9 Å². The molecular weight excluding hydrogens is 296 g/mol. The van der Waals surface area contributed by atoms with Gasteiger partial charge in [-0.25, -0.2) is 8.78 Å². The zero-order valence-corrected chi connectivity index (χ0v) is 12.2. The van der Waals surface area contributed by atoms with Crippen LogP contribution >= 0.6 is 11.6 Å². The minimum absolute atomic E-state index is 0.0935. The quantitative estimate of drug-likeness (QED) is 0.780. The summed E-state index contributed by atoms with van der Waals surface area (Å²) in [6.07, 6.45) is 0. The summed E-state index contributed by atoms with van der Waals surface area (Å²) in [7, 11) is 1.76. The molecule has 0 aliphatic carbocycles. The van der Waals surface area contributed by atoms with E-state index in [9.17, 15) is 13.6 Å². The van der Waals surface area contributed by atoms with Crippen molar-refractivity contribution in [1.29, 1.82) is 0 Å². The molecule has 0 radical (unpaired) electrons. The Morgan fingerprint density at radius 3 is 2.52 bits per heavy atom. The molecule has 110 valence electrons. The van der Waals surface area contributed by atoms with Crippen molar-refractivity contribution in [2.75, 3.05) is 13.6 Å². The third-order valence-corrected chi connectivity index (χ3v) is 3.42. The maximum absolute atomic E-state index is 13.1. The van der Waals surface area contributed by atoms with Crippen LogP contribution in [0.4, 0.5) is 8.78 Å². The number of carbonyl (C=O) groups is 1. The van der Waals surface area contributed by atoms with E-state index in [2.05, 4.69) is 0 Å². The molecule has 2 rings (SSSR count). The van der Waals surface area contributed by atoms with Crippen molar-refractivity contribution >= 4 is 17.4 Å². The lowest BCUT2D eigenvalue weighted by molar-refractivity contribution is 0.0942. The van der Waals surface area contributed by atoms with Crippen molar-refractivity contribution < 1.29 is 13.6 Å². The SMILES string of the molecule is CN(CC(=O)c1ccc(F)c(F)c1)Cc1ccccc1Cl. The standard InChI is InChI=1S/C16H14ClF2NO/c1-20(9-12-4-2-3-5-13(12)17)10-16(21)11-6-7-14(18)15(19)8-11/h2-8H,9-10H2,1H3. The minimum atomic E-state index is -1.02. The Morgan fingerprint density at radius 2 is 1.86 bits per heavy atom. The monoisotopic (exact) mass is 309 g/mol. The molecule has 0 N–H and O–H groups in total. The van der Waals surface area contributed by atoms with Gasteiger partial charge in [0.05, 0.1) is 6.54 Å². The van der Waals surface area contributed by atoms with Crippen LogP contribution in [-0.4, -0.2) is 24.3 Å². The first kappa shape index (κ1) is 15.6. The zero-order chi connectivity index (χ0) is 15.4.